The first-order valence-corrected chi connectivity index (χ1v) is 14.4. The number of primary amides is 1. The first-order valence-electron chi connectivity index (χ1n) is 14.4. The lowest BCUT2D eigenvalue weighted by atomic mass is 9.92. The van der Waals surface area contributed by atoms with Crippen molar-refractivity contribution in [1.82, 2.24) is 15.5 Å². The highest BCUT2D eigenvalue weighted by molar-refractivity contribution is 5.95. The number of ether oxygens (including phenoxy) is 1. The maximum absolute atomic E-state index is 14.4. The molecule has 1 rings (SSSR count). The van der Waals surface area contributed by atoms with Crippen LogP contribution in [0, 0.1) is 19.8 Å². The molecule has 0 aliphatic heterocycles. The molecule has 0 bridgehead atoms. The molecule has 0 heterocycles. The summed E-state index contributed by atoms with van der Waals surface area (Å²) in [6, 6.07) is 2.91. The van der Waals surface area contributed by atoms with Gasteiger partial charge in [-0.25, -0.2) is 4.79 Å². The minimum Gasteiger partial charge on any atom is -0.444 e. The largest absolute Gasteiger partial charge is 0.444 e. The SMILES string of the molecule is CCCC(C)NC(=O)C(c1cccc(C)c1C)N(C(=O)C(CC(N)=O)NC(=O)OC(C)(C)C)C(C)CCC(C)C. The molecule has 4 atom stereocenters. The Morgan fingerprint density at radius 3 is 2.12 bits per heavy atom. The summed E-state index contributed by atoms with van der Waals surface area (Å²) in [4.78, 5) is 54.7. The molecule has 4 N–H and O–H groups in total. The summed E-state index contributed by atoms with van der Waals surface area (Å²) < 4.78 is 5.37. The molecule has 1 aromatic rings. The highest BCUT2D eigenvalue weighted by Gasteiger charge is 2.40. The van der Waals surface area contributed by atoms with Gasteiger partial charge in [-0.3, -0.25) is 14.4 Å². The van der Waals surface area contributed by atoms with E-state index in [9.17, 15) is 19.2 Å². The van der Waals surface area contributed by atoms with Crippen LogP contribution in [-0.4, -0.2) is 52.4 Å². The van der Waals surface area contributed by atoms with Crippen LogP contribution in [0.5, 0.6) is 0 Å². The molecule has 0 fully saturated rings. The van der Waals surface area contributed by atoms with E-state index in [0.29, 0.717) is 17.9 Å². The highest BCUT2D eigenvalue weighted by atomic mass is 16.6. The number of rotatable bonds is 14. The van der Waals surface area contributed by atoms with Gasteiger partial charge >= 0.3 is 6.09 Å². The number of carbonyl (C=O) groups excluding carboxylic acids is 4. The lowest BCUT2D eigenvalue weighted by Crippen LogP contribution is -2.57. The van der Waals surface area contributed by atoms with Gasteiger partial charge in [0.25, 0.3) is 0 Å². The monoisotopic (exact) mass is 560 g/mol. The van der Waals surface area contributed by atoms with Crippen LogP contribution in [0.2, 0.25) is 0 Å². The Kier molecular flexibility index (Phi) is 13.6. The molecule has 0 spiro atoms. The Bertz CT molecular complexity index is 1020. The van der Waals surface area contributed by atoms with Crippen molar-refractivity contribution in [1.29, 1.82) is 0 Å². The van der Waals surface area contributed by atoms with Crippen molar-refractivity contribution < 1.29 is 23.9 Å². The van der Waals surface area contributed by atoms with Gasteiger partial charge in [0.1, 0.15) is 17.7 Å². The quantitative estimate of drug-likeness (QED) is 0.292. The van der Waals surface area contributed by atoms with E-state index in [1.807, 2.05) is 52.8 Å². The minimum atomic E-state index is -1.30. The fourth-order valence-corrected chi connectivity index (χ4v) is 4.66. The highest BCUT2D eigenvalue weighted by Crippen LogP contribution is 2.31. The van der Waals surface area contributed by atoms with Crippen molar-refractivity contribution >= 4 is 23.8 Å². The van der Waals surface area contributed by atoms with Crippen LogP contribution in [0.3, 0.4) is 0 Å². The number of alkyl carbamates (subject to hydrolysis) is 1. The molecule has 40 heavy (non-hydrogen) atoms. The summed E-state index contributed by atoms with van der Waals surface area (Å²) in [6.45, 7) is 19.1. The normalized spacial score (nSPS) is 14.6. The summed E-state index contributed by atoms with van der Waals surface area (Å²) in [5.41, 5.74) is 7.28. The summed E-state index contributed by atoms with van der Waals surface area (Å²) in [6.07, 6.45) is 1.84. The predicted octanol–water partition coefficient (Wildman–Crippen LogP) is 5.07. The number of nitrogens with zero attached hydrogens (tertiary/aromatic N) is 1. The molecule has 0 radical (unpaired) electrons. The molecule has 1 aromatic carbocycles. The lowest BCUT2D eigenvalue weighted by molar-refractivity contribution is -0.146. The van der Waals surface area contributed by atoms with E-state index in [0.717, 1.165) is 30.4 Å². The molecule has 0 saturated carbocycles. The van der Waals surface area contributed by atoms with Gasteiger partial charge in [-0.15, -0.1) is 0 Å². The van der Waals surface area contributed by atoms with Gasteiger partial charge in [0.05, 0.1) is 6.42 Å². The zero-order valence-electron chi connectivity index (χ0n) is 26.2. The van der Waals surface area contributed by atoms with E-state index in [1.54, 1.807) is 20.8 Å². The number of carbonyl (C=O) groups is 4. The van der Waals surface area contributed by atoms with Crippen molar-refractivity contribution in [3.8, 4) is 0 Å². The molecule has 9 nitrogen and oxygen atoms in total. The summed E-state index contributed by atoms with van der Waals surface area (Å²) in [5, 5.41) is 5.65. The molecule has 9 heteroatoms. The standard InChI is InChI=1S/C31H52N4O5/c1-11-13-21(5)33-28(37)27(24-15-12-14-20(4)23(24)7)35(22(6)17-16-19(2)3)29(38)25(18-26(32)36)34-30(39)40-31(8,9)10/h12,14-15,19,21-22,25,27H,11,13,16-18H2,1-10H3,(H2,32,36)(H,33,37)(H,34,39). The smallest absolute Gasteiger partial charge is 0.408 e. The number of amides is 4. The second kappa shape index (κ2) is 15.6. The van der Waals surface area contributed by atoms with Crippen molar-refractivity contribution in [2.45, 2.75) is 131 Å². The first-order chi connectivity index (χ1) is 18.5. The number of benzene rings is 1. The van der Waals surface area contributed by atoms with E-state index in [-0.39, 0.29) is 18.0 Å². The predicted molar refractivity (Wildman–Crippen MR) is 159 cm³/mol. The molecule has 226 valence electrons. The molecule has 0 saturated heterocycles. The van der Waals surface area contributed by atoms with Gasteiger partial charge in [-0.1, -0.05) is 45.4 Å². The zero-order chi connectivity index (χ0) is 30.8. The van der Waals surface area contributed by atoms with Crippen LogP contribution in [0.15, 0.2) is 18.2 Å². The Morgan fingerprint density at radius 1 is 0.975 bits per heavy atom. The van der Waals surface area contributed by atoms with Crippen LogP contribution in [0.25, 0.3) is 0 Å². The van der Waals surface area contributed by atoms with Crippen LogP contribution >= 0.6 is 0 Å². The number of nitrogens with two attached hydrogens (primary N) is 1. The Morgan fingerprint density at radius 2 is 1.60 bits per heavy atom. The van der Waals surface area contributed by atoms with E-state index >= 15 is 0 Å². The first kappa shape index (κ1) is 34.9. The number of hydrogen-bond acceptors (Lipinski definition) is 5. The maximum Gasteiger partial charge on any atom is 0.408 e. The van der Waals surface area contributed by atoms with Gasteiger partial charge in [0.15, 0.2) is 0 Å². The van der Waals surface area contributed by atoms with Gasteiger partial charge in [0.2, 0.25) is 17.7 Å². The third kappa shape index (κ3) is 11.2. The molecular weight excluding hydrogens is 508 g/mol. The zero-order valence-corrected chi connectivity index (χ0v) is 26.2. The van der Waals surface area contributed by atoms with Crippen molar-refractivity contribution in [2.75, 3.05) is 0 Å². The minimum absolute atomic E-state index is 0.102. The van der Waals surface area contributed by atoms with Gasteiger partial charge in [-0.2, -0.15) is 0 Å². The van der Waals surface area contributed by atoms with Crippen LogP contribution < -0.4 is 16.4 Å². The average Bonchev–Trinajstić information content (AvgIpc) is 2.80. The van der Waals surface area contributed by atoms with E-state index < -0.39 is 42.0 Å². The molecular formula is C31H52N4O5. The second-order valence-corrected chi connectivity index (χ2v) is 12.3. The Hall–Kier alpha value is -3.10. The molecule has 4 amide bonds. The van der Waals surface area contributed by atoms with Crippen LogP contribution in [0.1, 0.15) is 110 Å². The van der Waals surface area contributed by atoms with Crippen molar-refractivity contribution in [2.24, 2.45) is 11.7 Å². The van der Waals surface area contributed by atoms with Gasteiger partial charge in [-0.05, 0) is 90.3 Å². The van der Waals surface area contributed by atoms with Crippen LogP contribution in [0.4, 0.5) is 4.79 Å². The number of aryl methyl sites for hydroxylation is 1. The maximum atomic E-state index is 14.4. The molecule has 0 aliphatic carbocycles. The van der Waals surface area contributed by atoms with Crippen molar-refractivity contribution in [3.05, 3.63) is 34.9 Å². The summed E-state index contributed by atoms with van der Waals surface area (Å²) in [5.74, 6) is -1.26. The fourth-order valence-electron chi connectivity index (χ4n) is 4.66. The molecule has 0 aliphatic rings. The molecule has 0 aromatic heterocycles. The van der Waals surface area contributed by atoms with E-state index in [4.69, 9.17) is 10.5 Å². The Labute approximate surface area is 241 Å². The van der Waals surface area contributed by atoms with Gasteiger partial charge < -0.3 is 26.0 Å². The number of nitrogens with one attached hydrogen (secondary N) is 2. The van der Waals surface area contributed by atoms with Crippen molar-refractivity contribution in [3.63, 3.8) is 0 Å². The lowest BCUT2D eigenvalue weighted by Gasteiger charge is -2.39. The summed E-state index contributed by atoms with van der Waals surface area (Å²) in [7, 11) is 0. The average molecular weight is 561 g/mol. The van der Waals surface area contributed by atoms with E-state index in [2.05, 4.69) is 24.5 Å². The van der Waals surface area contributed by atoms with Crippen LogP contribution in [-0.2, 0) is 19.1 Å². The third-order valence-corrected chi connectivity index (χ3v) is 6.86. The fraction of sp³-hybridized carbons (Fsp3) is 0.677. The number of hydrogen-bond donors (Lipinski definition) is 3. The Balaban J connectivity index is 3.74. The third-order valence-electron chi connectivity index (χ3n) is 6.86. The topological polar surface area (TPSA) is 131 Å². The summed E-state index contributed by atoms with van der Waals surface area (Å²) >= 11 is 0. The second-order valence-electron chi connectivity index (χ2n) is 12.3. The molecule has 4 unspecified atom stereocenters. The van der Waals surface area contributed by atoms with E-state index in [1.165, 1.54) is 4.90 Å². The van der Waals surface area contributed by atoms with Gasteiger partial charge in [0, 0.05) is 12.1 Å².